The Morgan fingerprint density at radius 3 is 2.55 bits per heavy atom. The highest BCUT2D eigenvalue weighted by Crippen LogP contribution is 2.29. The number of pyridine rings is 1. The van der Waals surface area contributed by atoms with Crippen molar-refractivity contribution in [3.63, 3.8) is 0 Å². The molecule has 0 saturated heterocycles. The third kappa shape index (κ3) is 4.22. The maximum atomic E-state index is 14.6. The monoisotopic (exact) mass is 394 g/mol. The molecule has 1 aromatic carbocycles. The largest absolute Gasteiger partial charge is 0.306 e. The van der Waals surface area contributed by atoms with Crippen LogP contribution in [0.25, 0.3) is 21.9 Å². The minimum absolute atomic E-state index is 0.113. The maximum Gasteiger partial charge on any atom is 0.141 e. The number of ketones is 1. The average Bonchev–Trinajstić information content (AvgIpc) is 3.14. The quantitative estimate of drug-likeness (QED) is 0.656. The van der Waals surface area contributed by atoms with Crippen molar-refractivity contribution in [3.8, 4) is 11.1 Å². The van der Waals surface area contributed by atoms with Crippen LogP contribution in [-0.2, 0) is 18.3 Å². The lowest BCUT2D eigenvalue weighted by Gasteiger charge is -2.31. The van der Waals surface area contributed by atoms with Crippen LogP contribution in [0.5, 0.6) is 0 Å². The first kappa shape index (κ1) is 19.7. The summed E-state index contributed by atoms with van der Waals surface area (Å²) in [6.07, 6.45) is 9.44. The molecule has 0 radical (unpaired) electrons. The molecule has 0 bridgehead atoms. The first-order valence-electron chi connectivity index (χ1n) is 10.2. The van der Waals surface area contributed by atoms with Gasteiger partial charge in [-0.3, -0.25) is 14.5 Å². The van der Waals surface area contributed by atoms with Crippen LogP contribution in [0.15, 0.2) is 36.8 Å². The van der Waals surface area contributed by atoms with E-state index >= 15 is 0 Å². The van der Waals surface area contributed by atoms with Gasteiger partial charge in [0.15, 0.2) is 0 Å². The normalized spacial score (nSPS) is 19.8. The topological polar surface area (TPSA) is 51.0 Å². The van der Waals surface area contributed by atoms with Crippen molar-refractivity contribution in [2.45, 2.75) is 38.1 Å². The molecule has 2 heterocycles. The Balaban J connectivity index is 1.53. The molecule has 0 amide bonds. The summed E-state index contributed by atoms with van der Waals surface area (Å²) in [6.45, 7) is 0. The van der Waals surface area contributed by atoms with E-state index < -0.39 is 0 Å². The van der Waals surface area contributed by atoms with E-state index in [1.165, 1.54) is 6.07 Å². The molecule has 0 N–H and O–H groups in total. The summed E-state index contributed by atoms with van der Waals surface area (Å²) >= 11 is 0. The van der Waals surface area contributed by atoms with Gasteiger partial charge in [-0.2, -0.15) is 5.10 Å². The summed E-state index contributed by atoms with van der Waals surface area (Å²) in [5, 5.41) is 5.40. The molecule has 3 aromatic rings. The van der Waals surface area contributed by atoms with Crippen LogP contribution in [0.2, 0.25) is 0 Å². The smallest absolute Gasteiger partial charge is 0.141 e. The number of nitrogens with zero attached hydrogens (tertiary/aromatic N) is 4. The van der Waals surface area contributed by atoms with Crippen LogP contribution in [0, 0.1) is 11.7 Å². The van der Waals surface area contributed by atoms with Gasteiger partial charge in [-0.15, -0.1) is 0 Å². The zero-order chi connectivity index (χ0) is 20.5. The second-order valence-corrected chi connectivity index (χ2v) is 8.37. The van der Waals surface area contributed by atoms with Crippen molar-refractivity contribution in [1.82, 2.24) is 19.7 Å². The lowest BCUT2D eigenvalue weighted by Crippen LogP contribution is -2.34. The zero-order valence-electron chi connectivity index (χ0n) is 17.2. The number of hydrogen-bond acceptors (Lipinski definition) is 4. The predicted octanol–water partition coefficient (Wildman–Crippen LogP) is 4.01. The Hall–Kier alpha value is -2.60. The average molecular weight is 394 g/mol. The summed E-state index contributed by atoms with van der Waals surface area (Å²) < 4.78 is 16.3. The molecule has 1 aliphatic rings. The molecule has 1 saturated carbocycles. The summed E-state index contributed by atoms with van der Waals surface area (Å²) in [5.41, 5.74) is 2.34. The summed E-state index contributed by atoms with van der Waals surface area (Å²) in [4.78, 5) is 19.4. The van der Waals surface area contributed by atoms with Gasteiger partial charge in [-0.05, 0) is 68.9 Å². The summed E-state index contributed by atoms with van der Waals surface area (Å²) in [6, 6.07) is 5.87. The second kappa shape index (κ2) is 8.03. The Kier molecular flexibility index (Phi) is 5.46. The van der Waals surface area contributed by atoms with Gasteiger partial charge < -0.3 is 4.90 Å². The van der Waals surface area contributed by atoms with E-state index in [2.05, 4.69) is 29.1 Å². The second-order valence-electron chi connectivity index (χ2n) is 8.37. The standard InChI is InChI=1S/C23H27FN4O/c1-27(2)20-6-4-15(5-7-20)23(29)11-19-9-17-8-16(18-12-26-28(3)14-18)10-22(24)21(17)13-25-19/h8-10,12-15,20H,4-7,11H2,1-3H3. The number of Topliss-reactive ketones (excluding diaryl/α,β-unsaturated/α-hetero) is 1. The number of hydrogen-bond donors (Lipinski definition) is 0. The minimum Gasteiger partial charge on any atom is -0.306 e. The van der Waals surface area contributed by atoms with Gasteiger partial charge in [0.2, 0.25) is 0 Å². The Bertz CT molecular complexity index is 1030. The Morgan fingerprint density at radius 2 is 1.90 bits per heavy atom. The lowest BCUT2D eigenvalue weighted by atomic mass is 9.82. The van der Waals surface area contributed by atoms with E-state index in [1.807, 2.05) is 25.4 Å². The predicted molar refractivity (Wildman–Crippen MR) is 112 cm³/mol. The van der Waals surface area contributed by atoms with Gasteiger partial charge in [-0.1, -0.05) is 0 Å². The first-order valence-corrected chi connectivity index (χ1v) is 10.2. The molecule has 4 rings (SSSR count). The van der Waals surface area contributed by atoms with Gasteiger partial charge >= 0.3 is 0 Å². The van der Waals surface area contributed by atoms with Gasteiger partial charge in [0, 0.05) is 54.5 Å². The Morgan fingerprint density at radius 1 is 1.14 bits per heavy atom. The molecular weight excluding hydrogens is 367 g/mol. The van der Waals surface area contributed by atoms with E-state index in [4.69, 9.17) is 0 Å². The fraction of sp³-hybridized carbons (Fsp3) is 0.435. The summed E-state index contributed by atoms with van der Waals surface area (Å²) in [7, 11) is 6.04. The van der Waals surface area contributed by atoms with Crippen LogP contribution in [0.4, 0.5) is 4.39 Å². The van der Waals surface area contributed by atoms with Gasteiger partial charge in [-0.25, -0.2) is 4.39 Å². The van der Waals surface area contributed by atoms with Crippen molar-refractivity contribution < 1.29 is 9.18 Å². The number of carbonyl (C=O) groups excluding carboxylic acids is 1. The van der Waals surface area contributed by atoms with Crippen molar-refractivity contribution in [2.75, 3.05) is 14.1 Å². The lowest BCUT2D eigenvalue weighted by molar-refractivity contribution is -0.123. The molecule has 0 atom stereocenters. The molecule has 6 heteroatoms. The zero-order valence-corrected chi connectivity index (χ0v) is 17.2. The number of carbonyl (C=O) groups is 1. The van der Waals surface area contributed by atoms with E-state index in [1.54, 1.807) is 17.1 Å². The highest BCUT2D eigenvalue weighted by atomic mass is 19.1. The Labute approximate surface area is 170 Å². The third-order valence-electron chi connectivity index (χ3n) is 6.12. The van der Waals surface area contributed by atoms with Gasteiger partial charge in [0.1, 0.15) is 11.6 Å². The molecule has 2 aromatic heterocycles. The number of aryl methyl sites for hydroxylation is 1. The van der Waals surface area contributed by atoms with Crippen molar-refractivity contribution >= 4 is 16.6 Å². The SMILES string of the molecule is CN(C)C1CCC(C(=O)Cc2cc3cc(-c4cnn(C)c4)cc(F)c3cn2)CC1. The molecule has 0 aliphatic heterocycles. The fourth-order valence-electron chi connectivity index (χ4n) is 4.33. The molecule has 152 valence electrons. The van der Waals surface area contributed by atoms with E-state index in [0.717, 1.165) is 42.2 Å². The molecular formula is C23H27FN4O. The molecule has 0 unspecified atom stereocenters. The highest BCUT2D eigenvalue weighted by molar-refractivity contribution is 5.89. The van der Waals surface area contributed by atoms with Gasteiger partial charge in [0.25, 0.3) is 0 Å². The van der Waals surface area contributed by atoms with Crippen LogP contribution >= 0.6 is 0 Å². The highest BCUT2D eigenvalue weighted by Gasteiger charge is 2.27. The van der Waals surface area contributed by atoms with Crippen LogP contribution in [0.1, 0.15) is 31.4 Å². The number of fused-ring (bicyclic) bond motifs is 1. The maximum absolute atomic E-state index is 14.6. The molecule has 1 fully saturated rings. The first-order chi connectivity index (χ1) is 13.9. The summed E-state index contributed by atoms with van der Waals surface area (Å²) in [5.74, 6) is 0.0499. The molecule has 5 nitrogen and oxygen atoms in total. The van der Waals surface area contributed by atoms with Crippen LogP contribution in [-0.4, -0.2) is 45.6 Å². The molecule has 0 spiro atoms. The molecule has 1 aliphatic carbocycles. The van der Waals surface area contributed by atoms with Gasteiger partial charge in [0.05, 0.1) is 6.20 Å². The number of benzene rings is 1. The van der Waals surface area contributed by atoms with Crippen molar-refractivity contribution in [3.05, 3.63) is 48.3 Å². The van der Waals surface area contributed by atoms with Crippen LogP contribution < -0.4 is 0 Å². The minimum atomic E-state index is -0.311. The fourth-order valence-corrected chi connectivity index (χ4v) is 4.33. The molecule has 29 heavy (non-hydrogen) atoms. The van der Waals surface area contributed by atoms with E-state index in [0.29, 0.717) is 23.5 Å². The number of halogens is 1. The third-order valence-corrected chi connectivity index (χ3v) is 6.12. The van der Waals surface area contributed by atoms with Crippen LogP contribution in [0.3, 0.4) is 0 Å². The van der Waals surface area contributed by atoms with Crippen molar-refractivity contribution in [1.29, 1.82) is 0 Å². The van der Waals surface area contributed by atoms with E-state index in [9.17, 15) is 9.18 Å². The van der Waals surface area contributed by atoms with Crippen molar-refractivity contribution in [2.24, 2.45) is 13.0 Å². The number of aromatic nitrogens is 3. The number of rotatable bonds is 5. The van der Waals surface area contributed by atoms with E-state index in [-0.39, 0.29) is 17.5 Å².